The van der Waals surface area contributed by atoms with E-state index in [1.54, 1.807) is 6.07 Å². The fraction of sp³-hybridized carbons (Fsp3) is 0.714. The van der Waals surface area contributed by atoms with Crippen molar-refractivity contribution in [3.63, 3.8) is 0 Å². The topological polar surface area (TPSA) is 41.0 Å². The molecule has 5 heteroatoms. The molecule has 0 fully saturated rings. The maximum Gasteiger partial charge on any atom is 0.135 e. The zero-order valence-electron chi connectivity index (χ0n) is 12.4. The first-order valence-electron chi connectivity index (χ1n) is 7.07. The predicted octanol–water partition coefficient (Wildman–Crippen LogP) is 3.40. The van der Waals surface area contributed by atoms with Crippen molar-refractivity contribution in [2.45, 2.75) is 40.0 Å². The molecular formula is C14H25ClN4. The van der Waals surface area contributed by atoms with E-state index in [0.717, 1.165) is 37.8 Å². The first kappa shape index (κ1) is 16.2. The van der Waals surface area contributed by atoms with Gasteiger partial charge in [-0.15, -0.1) is 0 Å². The van der Waals surface area contributed by atoms with Crippen molar-refractivity contribution < 1.29 is 0 Å². The SMILES string of the molecule is CCCN(CC)CCNc1cc(Cl)nc(C(C)C)n1. The van der Waals surface area contributed by atoms with Gasteiger partial charge >= 0.3 is 0 Å². The van der Waals surface area contributed by atoms with Crippen molar-refractivity contribution in [1.29, 1.82) is 0 Å². The van der Waals surface area contributed by atoms with Crippen LogP contribution in [0.2, 0.25) is 5.15 Å². The lowest BCUT2D eigenvalue weighted by Gasteiger charge is -2.19. The Morgan fingerprint density at radius 3 is 2.58 bits per heavy atom. The van der Waals surface area contributed by atoms with Crippen LogP contribution in [-0.2, 0) is 0 Å². The molecule has 0 spiro atoms. The number of aromatic nitrogens is 2. The van der Waals surface area contributed by atoms with Gasteiger partial charge in [-0.3, -0.25) is 0 Å². The van der Waals surface area contributed by atoms with Gasteiger partial charge in [0.1, 0.15) is 16.8 Å². The first-order chi connectivity index (χ1) is 9.06. The Bertz CT molecular complexity index is 382. The van der Waals surface area contributed by atoms with E-state index in [1.807, 2.05) is 0 Å². The lowest BCUT2D eigenvalue weighted by Crippen LogP contribution is -2.29. The Hall–Kier alpha value is -0.870. The number of nitrogens with one attached hydrogen (secondary N) is 1. The summed E-state index contributed by atoms with van der Waals surface area (Å²) >= 11 is 6.01. The third-order valence-electron chi connectivity index (χ3n) is 2.95. The van der Waals surface area contributed by atoms with E-state index in [0.29, 0.717) is 5.15 Å². The quantitative estimate of drug-likeness (QED) is 0.743. The zero-order valence-corrected chi connectivity index (χ0v) is 13.2. The molecule has 0 aliphatic heterocycles. The van der Waals surface area contributed by atoms with E-state index >= 15 is 0 Å². The Kier molecular flexibility index (Phi) is 7.10. The standard InChI is InChI=1S/C14H25ClN4/c1-5-8-19(6-2)9-7-16-13-10-12(15)17-14(18-13)11(3)4/h10-11H,5-9H2,1-4H3,(H,16,17,18). The average Bonchev–Trinajstić information content (AvgIpc) is 2.37. The molecule has 0 saturated heterocycles. The summed E-state index contributed by atoms with van der Waals surface area (Å²) in [4.78, 5) is 11.1. The molecule has 0 aliphatic rings. The zero-order chi connectivity index (χ0) is 14.3. The summed E-state index contributed by atoms with van der Waals surface area (Å²) < 4.78 is 0. The number of likely N-dealkylation sites (N-methyl/N-ethyl adjacent to an activating group) is 1. The lowest BCUT2D eigenvalue weighted by atomic mass is 10.2. The van der Waals surface area contributed by atoms with Gasteiger partial charge in [0, 0.05) is 25.1 Å². The van der Waals surface area contributed by atoms with Crippen LogP contribution in [0.1, 0.15) is 45.9 Å². The van der Waals surface area contributed by atoms with E-state index in [-0.39, 0.29) is 5.92 Å². The Labute approximate surface area is 121 Å². The molecular weight excluding hydrogens is 260 g/mol. The molecule has 108 valence electrons. The maximum absolute atomic E-state index is 6.01. The highest BCUT2D eigenvalue weighted by Crippen LogP contribution is 2.16. The predicted molar refractivity (Wildman–Crippen MR) is 82.0 cm³/mol. The normalized spacial score (nSPS) is 11.3. The molecule has 1 rings (SSSR count). The molecule has 19 heavy (non-hydrogen) atoms. The smallest absolute Gasteiger partial charge is 0.135 e. The van der Waals surface area contributed by atoms with Gasteiger partial charge in [-0.25, -0.2) is 9.97 Å². The van der Waals surface area contributed by atoms with Crippen molar-refractivity contribution >= 4 is 17.4 Å². The van der Waals surface area contributed by atoms with Crippen LogP contribution in [0.5, 0.6) is 0 Å². The van der Waals surface area contributed by atoms with E-state index in [9.17, 15) is 0 Å². The third-order valence-corrected chi connectivity index (χ3v) is 3.14. The van der Waals surface area contributed by atoms with Crippen LogP contribution in [0.4, 0.5) is 5.82 Å². The Morgan fingerprint density at radius 1 is 1.26 bits per heavy atom. The van der Waals surface area contributed by atoms with E-state index < -0.39 is 0 Å². The summed E-state index contributed by atoms with van der Waals surface area (Å²) in [6.07, 6.45) is 1.19. The molecule has 0 saturated carbocycles. The Balaban J connectivity index is 2.53. The van der Waals surface area contributed by atoms with E-state index in [1.165, 1.54) is 6.42 Å². The minimum atomic E-state index is 0.284. The number of nitrogens with zero attached hydrogens (tertiary/aromatic N) is 3. The molecule has 1 heterocycles. The molecule has 1 aromatic rings. The summed E-state index contributed by atoms with van der Waals surface area (Å²) in [5, 5.41) is 3.83. The van der Waals surface area contributed by atoms with Crippen LogP contribution >= 0.6 is 11.6 Å². The second-order valence-corrected chi connectivity index (χ2v) is 5.34. The van der Waals surface area contributed by atoms with Crippen LogP contribution in [0.3, 0.4) is 0 Å². The molecule has 0 aromatic carbocycles. The van der Waals surface area contributed by atoms with Gasteiger partial charge in [-0.1, -0.05) is 39.3 Å². The summed E-state index contributed by atoms with van der Waals surface area (Å²) in [6.45, 7) is 12.6. The number of rotatable bonds is 8. The van der Waals surface area contributed by atoms with Crippen molar-refractivity contribution in [2.75, 3.05) is 31.5 Å². The van der Waals surface area contributed by atoms with Gasteiger partial charge in [0.05, 0.1) is 0 Å². The molecule has 4 nitrogen and oxygen atoms in total. The molecule has 1 aromatic heterocycles. The number of halogens is 1. The van der Waals surface area contributed by atoms with Crippen LogP contribution < -0.4 is 5.32 Å². The summed E-state index contributed by atoms with van der Waals surface area (Å²) in [5.41, 5.74) is 0. The van der Waals surface area contributed by atoms with Crippen molar-refractivity contribution in [1.82, 2.24) is 14.9 Å². The van der Waals surface area contributed by atoms with Gasteiger partial charge in [-0.05, 0) is 19.5 Å². The van der Waals surface area contributed by atoms with Crippen LogP contribution in [0.25, 0.3) is 0 Å². The number of hydrogen-bond donors (Lipinski definition) is 1. The lowest BCUT2D eigenvalue weighted by molar-refractivity contribution is 0.300. The van der Waals surface area contributed by atoms with Crippen LogP contribution in [0, 0.1) is 0 Å². The molecule has 0 unspecified atom stereocenters. The second kappa shape index (κ2) is 8.33. The van der Waals surface area contributed by atoms with Crippen LogP contribution in [-0.4, -0.2) is 41.0 Å². The highest BCUT2D eigenvalue weighted by atomic mass is 35.5. The van der Waals surface area contributed by atoms with Crippen molar-refractivity contribution in [3.05, 3.63) is 17.0 Å². The van der Waals surface area contributed by atoms with Gasteiger partial charge in [0.25, 0.3) is 0 Å². The van der Waals surface area contributed by atoms with Gasteiger partial charge < -0.3 is 10.2 Å². The van der Waals surface area contributed by atoms with Gasteiger partial charge in [-0.2, -0.15) is 0 Å². The van der Waals surface area contributed by atoms with E-state index in [2.05, 4.69) is 47.9 Å². The number of hydrogen-bond acceptors (Lipinski definition) is 4. The molecule has 0 atom stereocenters. The molecule has 1 N–H and O–H groups in total. The average molecular weight is 285 g/mol. The summed E-state index contributed by atoms with van der Waals surface area (Å²) in [5.74, 6) is 1.89. The first-order valence-corrected chi connectivity index (χ1v) is 7.45. The molecule has 0 amide bonds. The molecule has 0 aliphatic carbocycles. The van der Waals surface area contributed by atoms with Crippen LogP contribution in [0.15, 0.2) is 6.07 Å². The molecule has 0 radical (unpaired) electrons. The van der Waals surface area contributed by atoms with Gasteiger partial charge in [0.15, 0.2) is 0 Å². The third kappa shape index (κ3) is 5.74. The minimum Gasteiger partial charge on any atom is -0.369 e. The fourth-order valence-corrected chi connectivity index (χ4v) is 2.06. The van der Waals surface area contributed by atoms with Crippen molar-refractivity contribution in [3.8, 4) is 0 Å². The second-order valence-electron chi connectivity index (χ2n) is 4.95. The largest absolute Gasteiger partial charge is 0.369 e. The maximum atomic E-state index is 6.01. The number of anilines is 1. The highest BCUT2D eigenvalue weighted by Gasteiger charge is 2.07. The Morgan fingerprint density at radius 2 is 2.00 bits per heavy atom. The van der Waals surface area contributed by atoms with Crippen molar-refractivity contribution in [2.24, 2.45) is 0 Å². The molecule has 0 bridgehead atoms. The fourth-order valence-electron chi connectivity index (χ4n) is 1.87. The summed E-state index contributed by atoms with van der Waals surface area (Å²) in [7, 11) is 0. The monoisotopic (exact) mass is 284 g/mol. The summed E-state index contributed by atoms with van der Waals surface area (Å²) in [6, 6.07) is 1.78. The minimum absolute atomic E-state index is 0.284. The highest BCUT2D eigenvalue weighted by molar-refractivity contribution is 6.29. The van der Waals surface area contributed by atoms with Gasteiger partial charge in [0.2, 0.25) is 0 Å². The van der Waals surface area contributed by atoms with E-state index in [4.69, 9.17) is 11.6 Å².